The molecule has 0 aromatic heterocycles. The van der Waals surface area contributed by atoms with Gasteiger partial charge in [0.15, 0.2) is 0 Å². The van der Waals surface area contributed by atoms with E-state index in [1.807, 2.05) is 12.1 Å². The molecule has 14 heavy (non-hydrogen) atoms. The lowest BCUT2D eigenvalue weighted by atomic mass is 9.91. The molecule has 0 aliphatic carbocycles. The maximum atomic E-state index is 8.62. The molecular formula is C9H10BBrO3. The van der Waals surface area contributed by atoms with Gasteiger partial charge in [0.05, 0.1) is 11.6 Å². The lowest BCUT2D eigenvalue weighted by molar-refractivity contribution is 0.412. The van der Waals surface area contributed by atoms with Crippen LogP contribution in [0.1, 0.15) is 5.56 Å². The minimum absolute atomic E-state index is 0.742. The quantitative estimate of drug-likeness (QED) is 0.806. The van der Waals surface area contributed by atoms with Crippen LogP contribution in [0.4, 0.5) is 0 Å². The van der Waals surface area contributed by atoms with Crippen molar-refractivity contribution in [2.75, 3.05) is 7.11 Å². The van der Waals surface area contributed by atoms with Gasteiger partial charge in [0.1, 0.15) is 5.75 Å². The fourth-order valence-electron chi connectivity index (χ4n) is 0.983. The third kappa shape index (κ3) is 3.18. The first-order chi connectivity index (χ1) is 6.63. The molecule has 1 aromatic rings. The topological polar surface area (TPSA) is 49.7 Å². The molecular weight excluding hydrogens is 247 g/mol. The van der Waals surface area contributed by atoms with E-state index >= 15 is 0 Å². The number of rotatable bonds is 3. The van der Waals surface area contributed by atoms with E-state index in [1.165, 1.54) is 5.98 Å². The largest absolute Gasteiger partial charge is 0.496 e. The zero-order valence-electron chi connectivity index (χ0n) is 7.64. The first-order valence-corrected chi connectivity index (χ1v) is 4.80. The Morgan fingerprint density at radius 3 is 2.64 bits per heavy atom. The molecule has 1 aromatic carbocycles. The van der Waals surface area contributed by atoms with Crippen LogP contribution in [0.5, 0.6) is 5.75 Å². The molecule has 0 bridgehead atoms. The minimum atomic E-state index is -1.42. The van der Waals surface area contributed by atoms with Gasteiger partial charge >= 0.3 is 7.12 Å². The molecule has 0 spiro atoms. The summed E-state index contributed by atoms with van der Waals surface area (Å²) in [5, 5.41) is 17.2. The third-order valence-electron chi connectivity index (χ3n) is 1.64. The van der Waals surface area contributed by atoms with Crippen LogP contribution in [-0.2, 0) is 0 Å². The van der Waals surface area contributed by atoms with Crippen molar-refractivity contribution in [1.82, 2.24) is 0 Å². The van der Waals surface area contributed by atoms with Crippen LogP contribution >= 0.6 is 15.9 Å². The van der Waals surface area contributed by atoms with E-state index in [1.54, 1.807) is 19.3 Å². The van der Waals surface area contributed by atoms with Crippen molar-refractivity contribution in [2.45, 2.75) is 0 Å². The van der Waals surface area contributed by atoms with Crippen LogP contribution in [-0.4, -0.2) is 24.3 Å². The molecule has 0 amide bonds. The number of hydrogen-bond donors (Lipinski definition) is 2. The molecule has 2 N–H and O–H groups in total. The zero-order chi connectivity index (χ0) is 10.6. The van der Waals surface area contributed by atoms with Gasteiger partial charge in [-0.05, 0) is 33.6 Å². The average molecular weight is 257 g/mol. The molecule has 0 atom stereocenters. The summed E-state index contributed by atoms with van der Waals surface area (Å²) in [6, 6.07) is 5.45. The van der Waals surface area contributed by atoms with Crippen molar-refractivity contribution in [1.29, 1.82) is 0 Å². The molecule has 5 heteroatoms. The second kappa shape index (κ2) is 5.19. The van der Waals surface area contributed by atoms with Crippen molar-refractivity contribution >= 4 is 29.1 Å². The van der Waals surface area contributed by atoms with E-state index in [4.69, 9.17) is 14.8 Å². The SMILES string of the molecule is COc1ccc(C=CB(O)O)cc1Br. The zero-order valence-corrected chi connectivity index (χ0v) is 9.23. The Kier molecular flexibility index (Phi) is 4.19. The maximum Gasteiger partial charge on any atom is 0.480 e. The Morgan fingerprint density at radius 1 is 1.43 bits per heavy atom. The maximum absolute atomic E-state index is 8.62. The van der Waals surface area contributed by atoms with Gasteiger partial charge in [0.25, 0.3) is 0 Å². The number of ether oxygens (including phenoxy) is 1. The monoisotopic (exact) mass is 256 g/mol. The summed E-state index contributed by atoms with van der Waals surface area (Å²) in [6.07, 6.45) is 1.62. The van der Waals surface area contributed by atoms with E-state index in [0.717, 1.165) is 15.8 Å². The van der Waals surface area contributed by atoms with Crippen LogP contribution in [0, 0.1) is 0 Å². The number of benzene rings is 1. The molecule has 74 valence electrons. The molecule has 0 heterocycles. The normalized spacial score (nSPS) is 10.6. The first-order valence-electron chi connectivity index (χ1n) is 4.01. The molecule has 0 unspecified atom stereocenters. The van der Waals surface area contributed by atoms with Gasteiger partial charge < -0.3 is 14.8 Å². The highest BCUT2D eigenvalue weighted by Crippen LogP contribution is 2.25. The standard InChI is InChI=1S/C9H10BBrO3/c1-14-9-3-2-7(6-8(9)11)4-5-10(12)13/h2-6,12-13H,1H3. The van der Waals surface area contributed by atoms with E-state index in [0.29, 0.717) is 0 Å². The van der Waals surface area contributed by atoms with E-state index in [2.05, 4.69) is 15.9 Å². The molecule has 0 saturated carbocycles. The molecule has 0 radical (unpaired) electrons. The smallest absolute Gasteiger partial charge is 0.480 e. The third-order valence-corrected chi connectivity index (χ3v) is 2.26. The Bertz CT molecular complexity index is 339. The Balaban J connectivity index is 2.86. The van der Waals surface area contributed by atoms with Gasteiger partial charge in [-0.3, -0.25) is 0 Å². The van der Waals surface area contributed by atoms with Gasteiger partial charge in [-0.15, -0.1) is 0 Å². The molecule has 0 aliphatic heterocycles. The first kappa shape index (κ1) is 11.3. The van der Waals surface area contributed by atoms with Gasteiger partial charge in [-0.1, -0.05) is 18.1 Å². The van der Waals surface area contributed by atoms with Crippen LogP contribution in [0.2, 0.25) is 0 Å². The van der Waals surface area contributed by atoms with Crippen molar-refractivity contribution in [3.8, 4) is 5.75 Å². The molecule has 0 aliphatic rings. The Labute approximate surface area is 91.3 Å². The summed E-state index contributed by atoms with van der Waals surface area (Å²) in [6.45, 7) is 0. The Hall–Kier alpha value is -0.775. The van der Waals surface area contributed by atoms with Crippen molar-refractivity contribution in [3.05, 3.63) is 34.2 Å². The van der Waals surface area contributed by atoms with Crippen molar-refractivity contribution < 1.29 is 14.8 Å². The van der Waals surface area contributed by atoms with E-state index in [9.17, 15) is 0 Å². The van der Waals surface area contributed by atoms with Crippen molar-refractivity contribution in [3.63, 3.8) is 0 Å². The van der Waals surface area contributed by atoms with Crippen molar-refractivity contribution in [2.24, 2.45) is 0 Å². The average Bonchev–Trinajstić information content (AvgIpc) is 2.15. The highest BCUT2D eigenvalue weighted by atomic mass is 79.9. The summed E-state index contributed by atoms with van der Waals surface area (Å²) in [7, 11) is 0.170. The molecule has 1 rings (SSSR count). The molecule has 0 fully saturated rings. The van der Waals surface area contributed by atoms with Gasteiger partial charge in [0, 0.05) is 0 Å². The predicted octanol–water partition coefficient (Wildman–Crippen LogP) is 1.48. The fourth-order valence-corrected chi connectivity index (χ4v) is 1.54. The van der Waals surface area contributed by atoms with Crippen LogP contribution in [0.25, 0.3) is 6.08 Å². The van der Waals surface area contributed by atoms with Crippen LogP contribution in [0.15, 0.2) is 28.6 Å². The van der Waals surface area contributed by atoms with E-state index < -0.39 is 7.12 Å². The minimum Gasteiger partial charge on any atom is -0.496 e. The summed E-state index contributed by atoms with van der Waals surface area (Å²) in [5.41, 5.74) is 0.866. The molecule has 0 saturated heterocycles. The number of hydrogen-bond acceptors (Lipinski definition) is 3. The lowest BCUT2D eigenvalue weighted by Gasteiger charge is -2.03. The summed E-state index contributed by atoms with van der Waals surface area (Å²) >= 11 is 3.33. The highest BCUT2D eigenvalue weighted by molar-refractivity contribution is 9.10. The molecule has 3 nitrogen and oxygen atoms in total. The lowest BCUT2D eigenvalue weighted by Crippen LogP contribution is -2.05. The second-order valence-corrected chi connectivity index (χ2v) is 3.52. The van der Waals surface area contributed by atoms with E-state index in [-0.39, 0.29) is 0 Å². The van der Waals surface area contributed by atoms with Gasteiger partial charge in [0.2, 0.25) is 0 Å². The van der Waals surface area contributed by atoms with Crippen LogP contribution < -0.4 is 4.74 Å². The second-order valence-electron chi connectivity index (χ2n) is 2.67. The summed E-state index contributed by atoms with van der Waals surface area (Å²) in [5.74, 6) is 2.03. The summed E-state index contributed by atoms with van der Waals surface area (Å²) < 4.78 is 5.88. The number of halogens is 1. The fraction of sp³-hybridized carbons (Fsp3) is 0.111. The predicted molar refractivity (Wildman–Crippen MR) is 59.9 cm³/mol. The number of methoxy groups -OCH3 is 1. The van der Waals surface area contributed by atoms with Gasteiger partial charge in [-0.2, -0.15) is 0 Å². The van der Waals surface area contributed by atoms with Gasteiger partial charge in [-0.25, -0.2) is 0 Å². The summed E-state index contributed by atoms with van der Waals surface area (Å²) in [4.78, 5) is 0. The highest BCUT2D eigenvalue weighted by Gasteiger charge is 2.01. The van der Waals surface area contributed by atoms with Crippen LogP contribution in [0.3, 0.4) is 0 Å². The Morgan fingerprint density at radius 2 is 2.14 bits per heavy atom.